The van der Waals surface area contributed by atoms with Gasteiger partial charge in [-0.2, -0.15) is 0 Å². The molecule has 0 aromatic carbocycles. The number of nitrogens with zero attached hydrogens (tertiary/aromatic N) is 1. The molecule has 1 N–H and O–H groups in total. The largest absolute Gasteiger partial charge is 0.388 e. The predicted octanol–water partition coefficient (Wildman–Crippen LogP) is 3.21. The van der Waals surface area contributed by atoms with E-state index in [-0.39, 0.29) is 0 Å². The molecule has 1 heterocycles. The minimum absolute atomic E-state index is 0.506. The van der Waals surface area contributed by atoms with Crippen molar-refractivity contribution in [1.29, 1.82) is 0 Å². The third-order valence-electron chi connectivity index (χ3n) is 4.13. The van der Waals surface area contributed by atoms with Gasteiger partial charge in [-0.15, -0.1) is 0 Å². The molecular weight excluding hydrogens is 238 g/mol. The molecule has 0 atom stereocenters. The van der Waals surface area contributed by atoms with E-state index in [1.54, 1.807) is 0 Å². The predicted molar refractivity (Wildman–Crippen MR) is 80.5 cm³/mol. The molecular formula is C16H33NO2. The van der Waals surface area contributed by atoms with Crippen molar-refractivity contribution >= 4 is 0 Å². The molecule has 0 amide bonds. The van der Waals surface area contributed by atoms with Crippen molar-refractivity contribution in [2.75, 3.05) is 33.4 Å². The molecule has 0 bridgehead atoms. The molecule has 1 aliphatic heterocycles. The van der Waals surface area contributed by atoms with Crippen molar-refractivity contribution in [1.82, 2.24) is 4.90 Å². The lowest BCUT2D eigenvalue weighted by molar-refractivity contribution is -0.0769. The molecule has 114 valence electrons. The van der Waals surface area contributed by atoms with Crippen LogP contribution in [0.15, 0.2) is 0 Å². The van der Waals surface area contributed by atoms with Crippen molar-refractivity contribution in [3.8, 4) is 0 Å². The van der Waals surface area contributed by atoms with Gasteiger partial charge in [0.2, 0.25) is 0 Å². The van der Waals surface area contributed by atoms with E-state index in [0.717, 1.165) is 25.9 Å². The van der Waals surface area contributed by atoms with Crippen LogP contribution < -0.4 is 0 Å². The second-order valence-electron chi connectivity index (χ2n) is 6.20. The van der Waals surface area contributed by atoms with Crippen molar-refractivity contribution in [3.05, 3.63) is 0 Å². The molecule has 0 unspecified atom stereocenters. The Kier molecular flexibility index (Phi) is 8.67. The average Bonchev–Trinajstić information content (AvgIpc) is 2.38. The maximum Gasteiger partial charge on any atom is 0.0817 e. The summed E-state index contributed by atoms with van der Waals surface area (Å²) in [6.07, 6.45) is 11.0. The van der Waals surface area contributed by atoms with Crippen molar-refractivity contribution in [3.63, 3.8) is 0 Å². The standard InChI is InChI=1S/C16H33NO2/c1-3-4-5-6-7-8-9-12-17(2)15-16(18)10-13-19-14-11-16/h18H,3-15H2,1-2H3. The molecule has 0 spiro atoms. The fourth-order valence-corrected chi connectivity index (χ4v) is 2.83. The van der Waals surface area contributed by atoms with Crippen molar-refractivity contribution in [2.24, 2.45) is 0 Å². The Hall–Kier alpha value is -0.120. The van der Waals surface area contributed by atoms with Gasteiger partial charge < -0.3 is 14.7 Å². The molecule has 0 aromatic rings. The number of rotatable bonds is 10. The van der Waals surface area contributed by atoms with Gasteiger partial charge in [-0.3, -0.25) is 0 Å². The summed E-state index contributed by atoms with van der Waals surface area (Å²) in [5, 5.41) is 10.4. The Morgan fingerprint density at radius 3 is 2.21 bits per heavy atom. The second kappa shape index (κ2) is 9.73. The fourth-order valence-electron chi connectivity index (χ4n) is 2.83. The summed E-state index contributed by atoms with van der Waals surface area (Å²) in [5.41, 5.74) is -0.506. The van der Waals surface area contributed by atoms with Crippen LogP contribution in [0.3, 0.4) is 0 Å². The zero-order valence-corrected chi connectivity index (χ0v) is 13.0. The van der Waals surface area contributed by atoms with Crippen LogP contribution in [0, 0.1) is 0 Å². The number of hydrogen-bond donors (Lipinski definition) is 1. The third kappa shape index (κ3) is 7.91. The monoisotopic (exact) mass is 271 g/mol. The lowest BCUT2D eigenvalue weighted by Crippen LogP contribution is -2.45. The molecule has 3 heteroatoms. The number of ether oxygens (including phenoxy) is 1. The SMILES string of the molecule is CCCCCCCCCN(C)CC1(O)CCOCC1. The lowest BCUT2D eigenvalue weighted by atomic mass is 9.94. The first-order valence-corrected chi connectivity index (χ1v) is 8.15. The molecule has 0 saturated carbocycles. The maximum absolute atomic E-state index is 10.4. The van der Waals surface area contributed by atoms with Gasteiger partial charge in [-0.1, -0.05) is 45.4 Å². The molecule has 1 rings (SSSR count). The van der Waals surface area contributed by atoms with Gasteiger partial charge in [0.25, 0.3) is 0 Å². The molecule has 0 aliphatic carbocycles. The molecule has 1 fully saturated rings. The van der Waals surface area contributed by atoms with Gasteiger partial charge in [0.05, 0.1) is 5.60 Å². The second-order valence-corrected chi connectivity index (χ2v) is 6.20. The van der Waals surface area contributed by atoms with Crippen LogP contribution in [0.25, 0.3) is 0 Å². The summed E-state index contributed by atoms with van der Waals surface area (Å²) in [4.78, 5) is 2.29. The smallest absolute Gasteiger partial charge is 0.0817 e. The molecule has 0 aromatic heterocycles. The van der Waals surface area contributed by atoms with Gasteiger partial charge in [0, 0.05) is 32.6 Å². The summed E-state index contributed by atoms with van der Waals surface area (Å²) in [6.45, 7) is 5.59. The van der Waals surface area contributed by atoms with E-state index in [9.17, 15) is 5.11 Å². The molecule has 1 aliphatic rings. The minimum Gasteiger partial charge on any atom is -0.388 e. The van der Waals surface area contributed by atoms with E-state index >= 15 is 0 Å². The Morgan fingerprint density at radius 1 is 1.00 bits per heavy atom. The van der Waals surface area contributed by atoms with Crippen LogP contribution in [0.5, 0.6) is 0 Å². The molecule has 19 heavy (non-hydrogen) atoms. The van der Waals surface area contributed by atoms with Crippen LogP contribution in [0.2, 0.25) is 0 Å². The highest BCUT2D eigenvalue weighted by Crippen LogP contribution is 2.21. The van der Waals surface area contributed by atoms with Crippen LogP contribution in [-0.4, -0.2) is 49.0 Å². The number of aliphatic hydroxyl groups is 1. The van der Waals surface area contributed by atoms with Gasteiger partial charge >= 0.3 is 0 Å². The van der Waals surface area contributed by atoms with E-state index in [0.29, 0.717) is 13.2 Å². The van der Waals surface area contributed by atoms with E-state index in [4.69, 9.17) is 4.74 Å². The fraction of sp³-hybridized carbons (Fsp3) is 1.00. The third-order valence-corrected chi connectivity index (χ3v) is 4.13. The van der Waals surface area contributed by atoms with Crippen LogP contribution >= 0.6 is 0 Å². The normalized spacial score (nSPS) is 18.9. The first-order chi connectivity index (χ1) is 9.16. The van der Waals surface area contributed by atoms with E-state index in [1.807, 2.05) is 0 Å². The van der Waals surface area contributed by atoms with Crippen molar-refractivity contribution in [2.45, 2.75) is 70.3 Å². The van der Waals surface area contributed by atoms with Gasteiger partial charge in [-0.25, -0.2) is 0 Å². The summed E-state index contributed by atoms with van der Waals surface area (Å²) in [6, 6.07) is 0. The molecule has 3 nitrogen and oxygen atoms in total. The summed E-state index contributed by atoms with van der Waals surface area (Å²) in [7, 11) is 2.13. The Labute approximate surface area is 119 Å². The van der Waals surface area contributed by atoms with Gasteiger partial charge in [0.1, 0.15) is 0 Å². The van der Waals surface area contributed by atoms with E-state index in [1.165, 1.54) is 44.9 Å². The van der Waals surface area contributed by atoms with Crippen LogP contribution in [0.1, 0.15) is 64.7 Å². The molecule has 1 saturated heterocycles. The van der Waals surface area contributed by atoms with E-state index in [2.05, 4.69) is 18.9 Å². The average molecular weight is 271 g/mol. The highest BCUT2D eigenvalue weighted by atomic mass is 16.5. The van der Waals surface area contributed by atoms with Crippen LogP contribution in [-0.2, 0) is 4.74 Å². The lowest BCUT2D eigenvalue weighted by Gasteiger charge is -2.35. The Bertz CT molecular complexity index is 215. The highest BCUT2D eigenvalue weighted by molar-refractivity contribution is 4.83. The number of likely N-dealkylation sites (N-methyl/N-ethyl adjacent to an activating group) is 1. The number of unbranched alkanes of at least 4 members (excludes halogenated alkanes) is 6. The Balaban J connectivity index is 1.99. The van der Waals surface area contributed by atoms with Gasteiger partial charge in [-0.05, 0) is 20.0 Å². The van der Waals surface area contributed by atoms with Gasteiger partial charge in [0.15, 0.2) is 0 Å². The quantitative estimate of drug-likeness (QED) is 0.619. The van der Waals surface area contributed by atoms with Crippen LogP contribution in [0.4, 0.5) is 0 Å². The topological polar surface area (TPSA) is 32.7 Å². The summed E-state index contributed by atoms with van der Waals surface area (Å²) < 4.78 is 5.31. The Morgan fingerprint density at radius 2 is 1.58 bits per heavy atom. The first kappa shape index (κ1) is 16.9. The molecule has 0 radical (unpaired) electrons. The zero-order chi connectivity index (χ0) is 14.0. The first-order valence-electron chi connectivity index (χ1n) is 8.15. The highest BCUT2D eigenvalue weighted by Gasteiger charge is 2.30. The zero-order valence-electron chi connectivity index (χ0n) is 13.0. The summed E-state index contributed by atoms with van der Waals surface area (Å²) >= 11 is 0. The van der Waals surface area contributed by atoms with E-state index < -0.39 is 5.60 Å². The number of hydrogen-bond acceptors (Lipinski definition) is 3. The van der Waals surface area contributed by atoms with Crippen molar-refractivity contribution < 1.29 is 9.84 Å². The maximum atomic E-state index is 10.4. The minimum atomic E-state index is -0.506. The summed E-state index contributed by atoms with van der Waals surface area (Å²) in [5.74, 6) is 0.